The molecule has 8 N–H and O–H groups in total. The van der Waals surface area contributed by atoms with Crippen molar-refractivity contribution in [2.45, 2.75) is 9.79 Å². The van der Waals surface area contributed by atoms with Gasteiger partial charge in [-0.15, -0.1) is 0 Å². The van der Waals surface area contributed by atoms with E-state index in [0.29, 0.717) is 45.3 Å². The van der Waals surface area contributed by atoms with Crippen LogP contribution in [-0.2, 0) is 34.6 Å². The molecule has 1 aliphatic heterocycles. The summed E-state index contributed by atoms with van der Waals surface area (Å²) in [5.41, 5.74) is 4.76. The number of hydrogen-bond acceptors (Lipinski definition) is 14. The van der Waals surface area contributed by atoms with Crippen LogP contribution in [0.1, 0.15) is 0 Å². The molecule has 2 aromatic rings. The van der Waals surface area contributed by atoms with Gasteiger partial charge in [0.2, 0.25) is 5.91 Å². The predicted molar refractivity (Wildman–Crippen MR) is 154 cm³/mol. The summed E-state index contributed by atoms with van der Waals surface area (Å²) < 4.78 is 66.2. The first-order chi connectivity index (χ1) is 20.5. The number of aromatic hydroxyl groups is 1. The van der Waals surface area contributed by atoms with Crippen LogP contribution in [0.3, 0.4) is 0 Å². The van der Waals surface area contributed by atoms with Crippen LogP contribution >= 0.6 is 0 Å². The van der Waals surface area contributed by atoms with Crippen molar-refractivity contribution in [3.05, 3.63) is 18.2 Å². The van der Waals surface area contributed by atoms with Crippen molar-refractivity contribution in [3.63, 3.8) is 0 Å². The number of anilines is 1. The Morgan fingerprint density at radius 1 is 0.841 bits per heavy atom. The molecule has 240 valence electrons. The summed E-state index contributed by atoms with van der Waals surface area (Å²) >= 11 is 0. The normalized spacial score (nSPS) is 16.3. The second kappa shape index (κ2) is 14.2. The summed E-state index contributed by atoms with van der Waals surface area (Å²) in [4.78, 5) is 37.9. The highest BCUT2D eigenvalue weighted by Crippen LogP contribution is 2.43. The van der Waals surface area contributed by atoms with E-state index >= 15 is 0 Å². The monoisotopic (exact) mass is 659 g/mol. The van der Waals surface area contributed by atoms with Gasteiger partial charge in [0.05, 0.1) is 30.7 Å². The number of fused-ring (bicyclic) bond motifs is 1. The molecule has 1 heterocycles. The third-order valence-corrected chi connectivity index (χ3v) is 8.37. The lowest BCUT2D eigenvalue weighted by Gasteiger charge is -2.24. The van der Waals surface area contributed by atoms with Gasteiger partial charge in [-0.2, -0.15) is 21.9 Å². The quantitative estimate of drug-likeness (QED) is 0.0604. The number of amides is 1. The van der Waals surface area contributed by atoms with E-state index < -0.39 is 72.2 Å². The topological polar surface area (TPSA) is 293 Å². The van der Waals surface area contributed by atoms with Gasteiger partial charge in [0, 0.05) is 44.7 Å². The summed E-state index contributed by atoms with van der Waals surface area (Å²) in [5.74, 6) is -3.40. The number of benzene rings is 2. The van der Waals surface area contributed by atoms with Gasteiger partial charge in [0.25, 0.3) is 20.2 Å². The minimum absolute atomic E-state index is 0.133. The molecule has 1 fully saturated rings. The van der Waals surface area contributed by atoms with E-state index in [2.05, 4.69) is 15.4 Å². The molecular formula is C22H30BN7O12S2. The molecule has 0 aliphatic carbocycles. The molecule has 0 unspecified atom stereocenters. The van der Waals surface area contributed by atoms with Crippen LogP contribution in [0.25, 0.3) is 10.8 Å². The fraction of sp³-hybridized carbons (Fsp3) is 0.409. The molecule has 0 radical (unpaired) electrons. The van der Waals surface area contributed by atoms with Crippen LogP contribution in [0.15, 0.2) is 38.1 Å². The Balaban J connectivity index is 1.73. The molecule has 1 aliphatic rings. The molecule has 0 aromatic heterocycles. The summed E-state index contributed by atoms with van der Waals surface area (Å²) in [7, 11) is -10.5. The number of carbonyl (C=O) groups is 3. The molecule has 2 aromatic carbocycles. The fourth-order valence-corrected chi connectivity index (χ4v) is 5.93. The fourth-order valence-electron chi connectivity index (χ4n) is 4.50. The number of phenols is 1. The number of nitrogens with zero attached hydrogens (tertiary/aromatic N) is 5. The highest BCUT2D eigenvalue weighted by Gasteiger charge is 2.27. The van der Waals surface area contributed by atoms with Crippen LogP contribution in [0.5, 0.6) is 5.75 Å². The van der Waals surface area contributed by atoms with Crippen molar-refractivity contribution in [2.75, 3.05) is 64.6 Å². The van der Waals surface area contributed by atoms with Gasteiger partial charge in [-0.3, -0.25) is 38.2 Å². The van der Waals surface area contributed by atoms with E-state index in [9.17, 15) is 45.4 Å². The molecule has 3 rings (SSSR count). The van der Waals surface area contributed by atoms with Crippen molar-refractivity contribution in [3.8, 4) is 5.75 Å². The zero-order valence-electron chi connectivity index (χ0n) is 23.0. The zero-order chi connectivity index (χ0) is 32.8. The maximum atomic E-state index is 12.6. The Labute approximate surface area is 251 Å². The van der Waals surface area contributed by atoms with Gasteiger partial charge in [0.1, 0.15) is 15.5 Å². The van der Waals surface area contributed by atoms with Crippen molar-refractivity contribution in [1.82, 2.24) is 19.9 Å². The number of rotatable bonds is 11. The Morgan fingerprint density at radius 3 is 1.77 bits per heavy atom. The van der Waals surface area contributed by atoms with Crippen LogP contribution < -0.4 is 11.0 Å². The van der Waals surface area contributed by atoms with Gasteiger partial charge in [0.15, 0.2) is 5.75 Å². The minimum Gasteiger partial charge on any atom is -0.505 e. The first-order valence-corrected chi connectivity index (χ1v) is 15.6. The van der Waals surface area contributed by atoms with Crippen LogP contribution in [0, 0.1) is 0 Å². The highest BCUT2D eigenvalue weighted by atomic mass is 32.2. The Morgan fingerprint density at radius 2 is 1.32 bits per heavy atom. The van der Waals surface area contributed by atoms with E-state index in [4.69, 9.17) is 15.9 Å². The lowest BCUT2D eigenvalue weighted by molar-refractivity contribution is -0.140. The van der Waals surface area contributed by atoms with Crippen LogP contribution in [0.2, 0.25) is 0 Å². The maximum absolute atomic E-state index is 12.6. The maximum Gasteiger partial charge on any atom is 0.402 e. The average Bonchev–Trinajstić information content (AvgIpc) is 2.97. The number of carbonyl (C=O) groups excluding carboxylic acids is 1. The third kappa shape index (κ3) is 9.29. The first-order valence-electron chi connectivity index (χ1n) is 12.8. The van der Waals surface area contributed by atoms with Crippen molar-refractivity contribution < 1.29 is 55.6 Å². The van der Waals surface area contributed by atoms with E-state index in [0.717, 1.165) is 12.1 Å². The second-order valence-electron chi connectivity index (χ2n) is 9.71. The molecule has 22 heteroatoms. The van der Waals surface area contributed by atoms with E-state index in [1.807, 2.05) is 0 Å². The summed E-state index contributed by atoms with van der Waals surface area (Å²) in [6.07, 6.45) is 0. The van der Waals surface area contributed by atoms with Gasteiger partial charge in [-0.1, -0.05) is 6.07 Å². The molecule has 19 nitrogen and oxygen atoms in total. The molecular weight excluding hydrogens is 629 g/mol. The number of aliphatic carboxylic acids is 2. The molecule has 44 heavy (non-hydrogen) atoms. The van der Waals surface area contributed by atoms with E-state index in [1.165, 1.54) is 0 Å². The Kier molecular flexibility index (Phi) is 11.2. The first kappa shape index (κ1) is 34.6. The van der Waals surface area contributed by atoms with Gasteiger partial charge in [-0.25, -0.2) is 5.03 Å². The smallest absolute Gasteiger partial charge is 0.402 e. The molecule has 0 spiro atoms. The number of hydrogen-bond donors (Lipinski definition) is 7. The van der Waals surface area contributed by atoms with Crippen molar-refractivity contribution in [2.24, 2.45) is 10.1 Å². The molecule has 1 amide bonds. The molecule has 1 saturated heterocycles. The highest BCUT2D eigenvalue weighted by molar-refractivity contribution is 7.87. The number of nitrogen functional groups attached to an aromatic ring is 1. The lowest BCUT2D eigenvalue weighted by atomic mass is 10.1. The number of carboxylic acid groups (broad SMARTS) is 2. The average molecular weight is 659 g/mol. The summed E-state index contributed by atoms with van der Waals surface area (Å²) in [6, 6.07) is 2.61. The SMILES string of the molecule is Nc1c(S(=O)(=O)O)cc(S(=O)(=O)O)c2ccc(N=NBNC(=O)CN3CCN(CC(=O)O)CCN(CC(=O)O)CC3)c(O)c12. The third-order valence-electron chi connectivity index (χ3n) is 6.58. The predicted octanol–water partition coefficient (Wildman–Crippen LogP) is -1.82. The molecule has 0 bridgehead atoms. The van der Waals surface area contributed by atoms with Crippen molar-refractivity contribution >= 4 is 67.8 Å². The second-order valence-corrected chi connectivity index (χ2v) is 12.5. The molecule has 0 atom stereocenters. The van der Waals surface area contributed by atoms with Gasteiger partial charge >= 0.3 is 19.5 Å². The summed E-state index contributed by atoms with van der Waals surface area (Å²) in [5, 5.41) is 38.1. The number of nitrogens with two attached hydrogens (primary N) is 1. The van der Waals surface area contributed by atoms with E-state index in [1.54, 1.807) is 14.7 Å². The van der Waals surface area contributed by atoms with Gasteiger partial charge in [-0.05, 0) is 12.1 Å². The summed E-state index contributed by atoms with van der Waals surface area (Å²) in [6.45, 7) is 1.34. The number of nitrogens with one attached hydrogen (secondary N) is 1. The zero-order valence-corrected chi connectivity index (χ0v) is 24.7. The minimum atomic E-state index is -5.08. The van der Waals surface area contributed by atoms with Crippen LogP contribution in [0.4, 0.5) is 11.4 Å². The Bertz CT molecular complexity index is 1660. The number of carboxylic acids is 2. The Hall–Kier alpha value is -3.93. The largest absolute Gasteiger partial charge is 0.505 e. The lowest BCUT2D eigenvalue weighted by Crippen LogP contribution is -2.43. The van der Waals surface area contributed by atoms with Crippen molar-refractivity contribution in [1.29, 1.82) is 0 Å². The molecule has 0 saturated carbocycles. The van der Waals surface area contributed by atoms with Gasteiger partial charge < -0.3 is 26.3 Å². The number of phenolic OH excluding ortho intramolecular Hbond substituents is 1. The standard InChI is InChI=1S/C22H30BN7O12S2/c24-21-16(44(40,41)42)9-15(43(37,38)39)13-1-2-14(22(36)20(13)21)26-27-23-25-17(31)10-28-3-5-29(11-18(32)33)7-8-30(6-4-28)12-19(34)35/h1-2,9,23,36H,3-8,10-12,24H2,(H,25,31)(H,32,33)(H,34,35)(H,37,38,39)(H,40,41,42). The van der Waals surface area contributed by atoms with E-state index in [-0.39, 0.29) is 30.7 Å². The van der Waals surface area contributed by atoms with Crippen LogP contribution in [-0.4, -0.2) is 140 Å².